The molecule has 1 aliphatic rings. The number of nitrogens with zero attached hydrogens (tertiary/aromatic N) is 1. The first kappa shape index (κ1) is 28.4. The molecule has 0 spiro atoms. The zero-order chi connectivity index (χ0) is 24.9. The lowest BCUT2D eigenvalue weighted by Gasteiger charge is -2.43. The molecule has 1 aliphatic carbocycles. The molecule has 1 saturated carbocycles. The molecule has 0 heterocycles. The number of hydrogen-bond acceptors (Lipinski definition) is 7. The number of ketones is 2. The molecule has 0 radical (unpaired) electrons. The highest BCUT2D eigenvalue weighted by Gasteiger charge is 2.62. The van der Waals surface area contributed by atoms with Gasteiger partial charge < -0.3 is 14.0 Å². The quantitative estimate of drug-likeness (QED) is 0.125. The first-order chi connectivity index (χ1) is 14.8. The first-order valence-electron chi connectivity index (χ1n) is 11.8. The highest BCUT2D eigenvalue weighted by atomic mass is 28.4. The van der Waals surface area contributed by atoms with Crippen LogP contribution >= 0.6 is 0 Å². The Morgan fingerprint density at radius 1 is 1.16 bits per heavy atom. The normalized spacial score (nSPS) is 22.6. The molecule has 0 aromatic rings. The third-order valence-electron chi connectivity index (χ3n) is 7.27. The van der Waals surface area contributed by atoms with Gasteiger partial charge >= 0.3 is 5.97 Å². The van der Waals surface area contributed by atoms with Crippen molar-refractivity contribution < 1.29 is 28.5 Å². The van der Waals surface area contributed by atoms with Gasteiger partial charge in [0.2, 0.25) is 14.4 Å². The van der Waals surface area contributed by atoms with E-state index in [1.807, 2.05) is 0 Å². The molecule has 32 heavy (non-hydrogen) atoms. The minimum atomic E-state index is -2.39. The van der Waals surface area contributed by atoms with E-state index in [4.69, 9.17) is 9.16 Å². The SMILES string of the molecule is CCOC(=O)[C@@]1(CCC(C)=O)C(=O)CC[C@H]1[C@@H](CO[Si](C(C)C)(C(C)C)C(C)C)[N+](=O)[O-]. The van der Waals surface area contributed by atoms with Gasteiger partial charge in [-0.25, -0.2) is 0 Å². The maximum atomic E-state index is 13.0. The second-order valence-corrected chi connectivity index (χ2v) is 15.4. The molecule has 1 fully saturated rings. The second-order valence-electron chi connectivity index (χ2n) is 9.94. The average Bonchev–Trinajstić information content (AvgIpc) is 2.99. The van der Waals surface area contributed by atoms with Crippen LogP contribution in [-0.4, -0.2) is 50.0 Å². The predicted molar refractivity (Wildman–Crippen MR) is 124 cm³/mol. The lowest BCUT2D eigenvalue weighted by Crippen LogP contribution is -2.53. The minimum absolute atomic E-state index is 0.00495. The van der Waals surface area contributed by atoms with Crippen molar-refractivity contribution in [2.75, 3.05) is 13.2 Å². The summed E-state index contributed by atoms with van der Waals surface area (Å²) in [7, 11) is -2.39. The topological polar surface area (TPSA) is 113 Å². The second kappa shape index (κ2) is 11.5. The summed E-state index contributed by atoms with van der Waals surface area (Å²) in [6.45, 7) is 15.5. The van der Waals surface area contributed by atoms with Gasteiger partial charge in [0.15, 0.2) is 5.78 Å². The zero-order valence-corrected chi connectivity index (χ0v) is 21.9. The summed E-state index contributed by atoms with van der Waals surface area (Å²) in [6, 6.07) is -1.22. The van der Waals surface area contributed by atoms with Crippen molar-refractivity contribution >= 4 is 25.9 Å². The van der Waals surface area contributed by atoms with Gasteiger partial charge in [-0.3, -0.25) is 19.7 Å². The van der Waals surface area contributed by atoms with E-state index < -0.39 is 36.6 Å². The highest BCUT2D eigenvalue weighted by Crippen LogP contribution is 2.49. The third-order valence-corrected chi connectivity index (χ3v) is 13.4. The number of rotatable bonds is 13. The van der Waals surface area contributed by atoms with Gasteiger partial charge in [-0.1, -0.05) is 41.5 Å². The van der Waals surface area contributed by atoms with Crippen molar-refractivity contribution in [2.24, 2.45) is 11.3 Å². The Balaban J connectivity index is 3.42. The summed E-state index contributed by atoms with van der Waals surface area (Å²) in [6.07, 6.45) is 0.210. The van der Waals surface area contributed by atoms with Gasteiger partial charge in [0.1, 0.15) is 17.8 Å². The molecule has 9 heteroatoms. The average molecular weight is 472 g/mol. The number of hydrogen-bond donors (Lipinski definition) is 0. The fourth-order valence-electron chi connectivity index (χ4n) is 5.86. The van der Waals surface area contributed by atoms with Gasteiger partial charge in [-0.05, 0) is 43.3 Å². The molecule has 0 amide bonds. The summed E-state index contributed by atoms with van der Waals surface area (Å²) < 4.78 is 11.7. The van der Waals surface area contributed by atoms with Crippen LogP contribution in [-0.2, 0) is 23.5 Å². The smallest absolute Gasteiger partial charge is 0.320 e. The van der Waals surface area contributed by atoms with Crippen molar-refractivity contribution in [3.05, 3.63) is 10.1 Å². The van der Waals surface area contributed by atoms with Crippen molar-refractivity contribution in [3.8, 4) is 0 Å². The number of nitro groups is 1. The van der Waals surface area contributed by atoms with Gasteiger partial charge in [-0.2, -0.15) is 0 Å². The van der Waals surface area contributed by atoms with E-state index in [0.717, 1.165) is 0 Å². The minimum Gasteiger partial charge on any atom is -0.465 e. The van der Waals surface area contributed by atoms with E-state index in [0.29, 0.717) is 0 Å². The Hall–Kier alpha value is -1.61. The van der Waals surface area contributed by atoms with Gasteiger partial charge in [0.05, 0.1) is 12.5 Å². The molecule has 0 unspecified atom stereocenters. The zero-order valence-electron chi connectivity index (χ0n) is 20.9. The van der Waals surface area contributed by atoms with Crippen LogP contribution in [0.5, 0.6) is 0 Å². The summed E-state index contributed by atoms with van der Waals surface area (Å²) in [4.78, 5) is 49.6. The van der Waals surface area contributed by atoms with E-state index in [2.05, 4.69) is 41.5 Å². The first-order valence-corrected chi connectivity index (χ1v) is 13.9. The van der Waals surface area contributed by atoms with Crippen LogP contribution in [0.4, 0.5) is 0 Å². The third kappa shape index (κ3) is 5.47. The van der Waals surface area contributed by atoms with E-state index >= 15 is 0 Å². The van der Waals surface area contributed by atoms with Gasteiger partial charge in [0.25, 0.3) is 0 Å². The largest absolute Gasteiger partial charge is 0.465 e. The number of ether oxygens (including phenoxy) is 1. The Morgan fingerprint density at radius 3 is 2.09 bits per heavy atom. The molecule has 8 nitrogen and oxygen atoms in total. The van der Waals surface area contributed by atoms with Crippen LogP contribution in [0.3, 0.4) is 0 Å². The van der Waals surface area contributed by atoms with E-state index in [1.165, 1.54) is 6.92 Å². The molecule has 0 N–H and O–H groups in total. The Kier molecular flexibility index (Phi) is 10.2. The molecule has 184 valence electrons. The Bertz CT molecular complexity index is 685. The molecule has 1 rings (SSSR count). The molecular weight excluding hydrogens is 430 g/mol. The maximum Gasteiger partial charge on any atom is 0.320 e. The van der Waals surface area contributed by atoms with Crippen molar-refractivity contribution in [1.29, 1.82) is 0 Å². The number of carbonyl (C=O) groups is 3. The van der Waals surface area contributed by atoms with Crippen LogP contribution < -0.4 is 0 Å². The lowest BCUT2D eigenvalue weighted by molar-refractivity contribution is -0.537. The summed E-state index contributed by atoms with van der Waals surface area (Å²) in [5.41, 5.74) is -0.937. The fourth-order valence-corrected chi connectivity index (χ4v) is 11.3. The Morgan fingerprint density at radius 2 is 1.69 bits per heavy atom. The Labute approximate surface area is 193 Å². The maximum absolute atomic E-state index is 13.0. The number of esters is 1. The van der Waals surface area contributed by atoms with Crippen LogP contribution in [0, 0.1) is 21.4 Å². The van der Waals surface area contributed by atoms with Gasteiger partial charge in [0, 0.05) is 17.8 Å². The lowest BCUT2D eigenvalue weighted by atomic mass is 9.70. The number of carbonyl (C=O) groups excluding carboxylic acids is 3. The molecular formula is C23H41NO7Si. The predicted octanol–water partition coefficient (Wildman–Crippen LogP) is 4.72. The van der Waals surface area contributed by atoms with Crippen molar-refractivity contribution in [3.63, 3.8) is 0 Å². The van der Waals surface area contributed by atoms with Gasteiger partial charge in [-0.15, -0.1) is 0 Å². The standard InChI is InChI=1S/C23H41NO7Si/c1-9-30-22(27)23(13-12-18(8)25)19(10-11-21(23)26)20(24(28)29)14-31-32(15(2)3,16(4)5)17(6)7/h15-17,19-20H,9-14H2,1-8H3/t19-,20+,23+/m0/s1. The van der Waals surface area contributed by atoms with Crippen molar-refractivity contribution in [1.82, 2.24) is 0 Å². The summed E-state index contributed by atoms with van der Waals surface area (Å²) in [5.74, 6) is -2.15. The molecule has 0 aliphatic heterocycles. The monoisotopic (exact) mass is 471 g/mol. The van der Waals surface area contributed by atoms with Crippen LogP contribution in [0.25, 0.3) is 0 Å². The highest BCUT2D eigenvalue weighted by molar-refractivity contribution is 6.77. The van der Waals surface area contributed by atoms with E-state index in [1.54, 1.807) is 6.92 Å². The van der Waals surface area contributed by atoms with E-state index in [9.17, 15) is 24.5 Å². The van der Waals surface area contributed by atoms with Crippen LogP contribution in [0.1, 0.15) is 81.1 Å². The van der Waals surface area contributed by atoms with Crippen molar-refractivity contribution in [2.45, 2.75) is 104 Å². The molecule has 0 aromatic carbocycles. The van der Waals surface area contributed by atoms with E-state index in [-0.39, 0.29) is 67.1 Å². The van der Waals surface area contributed by atoms with Crippen LogP contribution in [0.15, 0.2) is 0 Å². The molecule has 0 bridgehead atoms. The summed E-state index contributed by atoms with van der Waals surface area (Å²) in [5, 5.41) is 12.2. The fraction of sp³-hybridized carbons (Fsp3) is 0.870. The molecule has 3 atom stereocenters. The van der Waals surface area contributed by atoms with Crippen LogP contribution in [0.2, 0.25) is 16.6 Å². The number of Topliss-reactive ketones (excluding diaryl/α,β-unsaturated/α-hetero) is 2. The molecule has 0 aromatic heterocycles. The summed E-state index contributed by atoms with van der Waals surface area (Å²) >= 11 is 0. The molecule has 0 saturated heterocycles.